The molecule has 248 valence electrons. The van der Waals surface area contributed by atoms with E-state index in [2.05, 4.69) is 25.5 Å². The fourth-order valence-electron chi connectivity index (χ4n) is 6.61. The third-order valence-electron chi connectivity index (χ3n) is 9.10. The van der Waals surface area contributed by atoms with Crippen molar-refractivity contribution < 1.29 is 23.8 Å². The zero-order valence-electron chi connectivity index (χ0n) is 26.7. The van der Waals surface area contributed by atoms with Crippen molar-refractivity contribution in [2.24, 2.45) is 4.99 Å². The number of amides is 2. The van der Waals surface area contributed by atoms with Crippen molar-refractivity contribution in [3.05, 3.63) is 71.7 Å². The molecular weight excluding hydrogens is 617 g/mol. The molecule has 11 heteroatoms. The van der Waals surface area contributed by atoms with Gasteiger partial charge in [0.15, 0.2) is 0 Å². The minimum atomic E-state index is -0.632. The maximum atomic E-state index is 14.4. The third-order valence-corrected chi connectivity index (χ3v) is 10.1. The second-order valence-electron chi connectivity index (χ2n) is 12.7. The van der Waals surface area contributed by atoms with Crippen LogP contribution in [0.2, 0.25) is 0 Å². The molecule has 3 aromatic rings. The summed E-state index contributed by atoms with van der Waals surface area (Å²) in [5.74, 6) is 0.245. The van der Waals surface area contributed by atoms with Crippen LogP contribution in [-0.4, -0.2) is 68.8 Å². The van der Waals surface area contributed by atoms with E-state index in [1.165, 1.54) is 25.7 Å². The summed E-state index contributed by atoms with van der Waals surface area (Å²) in [6.45, 7) is 4.72. The maximum Gasteiger partial charge on any atom is 0.257 e. The largest absolute Gasteiger partial charge is 0.508 e. The molecule has 0 bridgehead atoms. The molecule has 1 aliphatic carbocycles. The fourth-order valence-corrected chi connectivity index (χ4v) is 7.43. The van der Waals surface area contributed by atoms with Crippen molar-refractivity contribution in [2.45, 2.75) is 83.0 Å². The van der Waals surface area contributed by atoms with E-state index in [1.54, 1.807) is 23.9 Å². The van der Waals surface area contributed by atoms with Crippen molar-refractivity contribution in [3.63, 3.8) is 0 Å². The van der Waals surface area contributed by atoms with Gasteiger partial charge in [-0.3, -0.25) is 19.5 Å². The van der Waals surface area contributed by atoms with Crippen LogP contribution in [0.25, 0.3) is 11.1 Å². The average molecular weight is 660 g/mol. The number of aromatic nitrogens is 1. The van der Waals surface area contributed by atoms with Gasteiger partial charge in [0, 0.05) is 24.4 Å². The first-order chi connectivity index (χ1) is 22.8. The van der Waals surface area contributed by atoms with E-state index in [-0.39, 0.29) is 41.2 Å². The number of carbonyl (C=O) groups excluding carboxylic acids is 2. The summed E-state index contributed by atoms with van der Waals surface area (Å²) in [4.78, 5) is 36.9. The van der Waals surface area contributed by atoms with Crippen LogP contribution in [0.1, 0.15) is 74.2 Å². The number of halogens is 1. The van der Waals surface area contributed by atoms with Crippen molar-refractivity contribution in [3.8, 4) is 28.5 Å². The number of hydrogen-bond acceptors (Lipinski definition) is 8. The topological polar surface area (TPSA) is 116 Å². The van der Waals surface area contributed by atoms with Crippen LogP contribution in [0.4, 0.5) is 4.39 Å². The first-order valence-corrected chi connectivity index (χ1v) is 17.6. The summed E-state index contributed by atoms with van der Waals surface area (Å²) in [6, 6.07) is 13.7. The van der Waals surface area contributed by atoms with Crippen molar-refractivity contribution in [1.29, 1.82) is 0 Å². The van der Waals surface area contributed by atoms with Crippen LogP contribution >= 0.6 is 11.8 Å². The molecule has 2 fully saturated rings. The van der Waals surface area contributed by atoms with Crippen LogP contribution in [0.3, 0.4) is 0 Å². The van der Waals surface area contributed by atoms with Gasteiger partial charge in [-0.2, -0.15) is 0 Å². The predicted molar refractivity (Wildman–Crippen MR) is 183 cm³/mol. The van der Waals surface area contributed by atoms with Gasteiger partial charge in [0.2, 0.25) is 11.8 Å². The normalized spacial score (nSPS) is 21.8. The van der Waals surface area contributed by atoms with Gasteiger partial charge >= 0.3 is 0 Å². The van der Waals surface area contributed by atoms with E-state index in [9.17, 15) is 19.1 Å². The molecule has 1 saturated carbocycles. The number of nitrogens with one attached hydrogen (secondary N) is 2. The van der Waals surface area contributed by atoms with Crippen molar-refractivity contribution in [1.82, 2.24) is 20.5 Å². The van der Waals surface area contributed by atoms with Crippen LogP contribution in [0.5, 0.6) is 17.4 Å². The van der Waals surface area contributed by atoms with Gasteiger partial charge in [0.1, 0.15) is 28.9 Å². The Bertz CT molecular complexity index is 1620. The Hall–Kier alpha value is -3.96. The highest BCUT2D eigenvalue weighted by atomic mass is 32.2. The zero-order chi connectivity index (χ0) is 32.8. The Kier molecular flexibility index (Phi) is 10.7. The summed E-state index contributed by atoms with van der Waals surface area (Å²) >= 11 is 1.60. The van der Waals surface area contributed by atoms with Gasteiger partial charge in [-0.1, -0.05) is 31.0 Å². The Morgan fingerprint density at radius 2 is 1.74 bits per heavy atom. The van der Waals surface area contributed by atoms with Crippen molar-refractivity contribution in [2.75, 3.05) is 18.8 Å². The van der Waals surface area contributed by atoms with E-state index in [0.29, 0.717) is 24.3 Å². The monoisotopic (exact) mass is 659 g/mol. The molecule has 9 nitrogen and oxygen atoms in total. The number of rotatable bonds is 9. The molecular formula is C36H42FN5O4S. The number of pyridine rings is 1. The summed E-state index contributed by atoms with van der Waals surface area (Å²) in [5, 5.41) is 17.4. The quantitative estimate of drug-likeness (QED) is 0.242. The summed E-state index contributed by atoms with van der Waals surface area (Å²) in [7, 11) is 0. The predicted octanol–water partition coefficient (Wildman–Crippen LogP) is 6.45. The minimum absolute atomic E-state index is 0.0165. The summed E-state index contributed by atoms with van der Waals surface area (Å²) < 4.78 is 20.5. The molecule has 1 atom stereocenters. The Morgan fingerprint density at radius 3 is 2.47 bits per heavy atom. The smallest absolute Gasteiger partial charge is 0.257 e. The van der Waals surface area contributed by atoms with E-state index in [0.717, 1.165) is 66.5 Å². The molecule has 1 saturated heterocycles. The Labute approximate surface area is 279 Å². The zero-order valence-corrected chi connectivity index (χ0v) is 27.5. The van der Waals surface area contributed by atoms with Gasteiger partial charge in [-0.05, 0) is 106 Å². The molecule has 2 aromatic carbocycles. The summed E-state index contributed by atoms with van der Waals surface area (Å²) in [6.07, 6.45) is 8.71. The lowest BCUT2D eigenvalue weighted by molar-refractivity contribution is -0.122. The third kappa shape index (κ3) is 8.70. The number of hydrogen-bond donors (Lipinski definition) is 3. The molecule has 6 rings (SSSR count). The average Bonchev–Trinajstić information content (AvgIpc) is 3.34. The number of thioether (sulfide) groups is 1. The van der Waals surface area contributed by atoms with E-state index < -0.39 is 11.7 Å². The molecule has 3 N–H and O–H groups in total. The number of carbonyl (C=O) groups is 2. The lowest BCUT2D eigenvalue weighted by Gasteiger charge is -2.30. The van der Waals surface area contributed by atoms with Crippen LogP contribution in [0, 0.1) is 5.82 Å². The molecule has 1 unspecified atom stereocenters. The number of nitrogens with zero attached hydrogens (tertiary/aromatic N) is 3. The lowest BCUT2D eigenvalue weighted by Crippen LogP contribution is -2.46. The first-order valence-electron chi connectivity index (χ1n) is 16.6. The van der Waals surface area contributed by atoms with Gasteiger partial charge in [-0.25, -0.2) is 9.37 Å². The molecule has 1 aromatic heterocycles. The maximum absolute atomic E-state index is 14.4. The highest BCUT2D eigenvalue weighted by Crippen LogP contribution is 2.33. The van der Waals surface area contributed by atoms with Crippen LogP contribution in [-0.2, 0) is 11.3 Å². The fraction of sp³-hybridized carbons (Fsp3) is 0.444. The van der Waals surface area contributed by atoms with E-state index in [1.807, 2.05) is 37.3 Å². The van der Waals surface area contributed by atoms with Gasteiger partial charge in [0.25, 0.3) is 5.91 Å². The molecule has 47 heavy (non-hydrogen) atoms. The molecule has 0 spiro atoms. The number of aromatic hydroxyl groups is 1. The number of phenols is 1. The number of likely N-dealkylation sites (tertiary alicyclic amines) is 1. The van der Waals surface area contributed by atoms with E-state index >= 15 is 0 Å². The van der Waals surface area contributed by atoms with Crippen LogP contribution < -0.4 is 15.4 Å². The molecule has 3 heterocycles. The first kappa shape index (κ1) is 33.0. The number of ether oxygens (including phenoxy) is 1. The Balaban J connectivity index is 1.11. The standard InChI is InChI=1S/C36H42FN5O4S/c1-23-39-33(22-47-23)35(45)41-28-11-9-27(10-12-28)40-34(44)32-19-26(37)20-38-36(32)46-30-8-6-7-24(18-30)31-14-13-29(43)17-25(31)21-42-15-4-2-3-5-16-42/h6-8,13-14,17-20,27-28,33,43H,2-5,9-12,15-16,21-22H2,1H3,(H,40,44)(H,41,45). The lowest BCUT2D eigenvalue weighted by atomic mass is 9.90. The van der Waals surface area contributed by atoms with E-state index in [4.69, 9.17) is 4.74 Å². The number of benzene rings is 2. The molecule has 2 amide bonds. The molecule has 2 aliphatic heterocycles. The molecule has 3 aliphatic rings. The summed E-state index contributed by atoms with van der Waals surface area (Å²) in [5.41, 5.74) is 2.93. The van der Waals surface area contributed by atoms with Gasteiger partial charge in [-0.15, -0.1) is 11.8 Å². The highest BCUT2D eigenvalue weighted by molar-refractivity contribution is 8.14. The highest BCUT2D eigenvalue weighted by Gasteiger charge is 2.29. The second kappa shape index (κ2) is 15.3. The number of phenolic OH excluding ortho intramolecular Hbond substituents is 1. The Morgan fingerprint density at radius 1 is 1.00 bits per heavy atom. The van der Waals surface area contributed by atoms with Crippen LogP contribution in [0.15, 0.2) is 59.7 Å². The van der Waals surface area contributed by atoms with Gasteiger partial charge < -0.3 is 20.5 Å². The second-order valence-corrected chi connectivity index (χ2v) is 13.9. The molecule has 0 radical (unpaired) electrons. The minimum Gasteiger partial charge on any atom is -0.508 e. The van der Waals surface area contributed by atoms with Crippen molar-refractivity contribution >= 4 is 28.6 Å². The number of aliphatic imine (C=N–C) groups is 1. The SMILES string of the molecule is CC1=NC(C(=O)NC2CCC(NC(=O)c3cc(F)cnc3Oc3cccc(-c4ccc(O)cc4CN4CCCCCC4)c3)CC2)CS1. The van der Waals surface area contributed by atoms with Gasteiger partial charge in [0.05, 0.1) is 11.2 Å².